The normalized spacial score (nSPS) is 12.1. The van der Waals surface area contributed by atoms with Gasteiger partial charge in [0.15, 0.2) is 14.3 Å². The average Bonchev–Trinajstić information content (AvgIpc) is 3.85. The molecule has 0 bridgehead atoms. The third kappa shape index (κ3) is 5.60. The Hall–Kier alpha value is -6.96. The summed E-state index contributed by atoms with van der Waals surface area (Å²) in [4.78, 5) is 0. The summed E-state index contributed by atoms with van der Waals surface area (Å²) >= 11 is 0. The van der Waals surface area contributed by atoms with Crippen molar-refractivity contribution in [2.75, 3.05) is 0 Å². The van der Waals surface area contributed by atoms with Crippen LogP contribution in [0.4, 0.5) is 0 Å². The minimum absolute atomic E-state index is 0.731. The number of benzene rings is 9. The molecule has 0 radical (unpaired) electrons. The van der Waals surface area contributed by atoms with Crippen LogP contribution in [0.1, 0.15) is 0 Å². The number of fused-ring (bicyclic) bond motifs is 6. The Morgan fingerprint density at radius 2 is 0.567 bits per heavy atom. The van der Waals surface area contributed by atoms with Crippen molar-refractivity contribution in [2.24, 2.45) is 0 Å². The molecule has 286 valence electrons. The van der Waals surface area contributed by atoms with Crippen LogP contribution in [0.3, 0.4) is 0 Å². The first-order valence-corrected chi connectivity index (χ1v) is 23.6. The van der Waals surface area contributed by atoms with E-state index in [2.05, 4.69) is 112 Å². The van der Waals surface area contributed by atoms with E-state index in [1.54, 1.807) is 0 Å². The molecule has 0 aliphatic rings. The number of para-hydroxylation sites is 3. The third-order valence-electron chi connectivity index (χ3n) is 11.8. The molecule has 0 aliphatic heterocycles. The second-order valence-electron chi connectivity index (χ2n) is 15.2. The lowest BCUT2D eigenvalue weighted by Gasteiger charge is -2.23. The van der Waals surface area contributed by atoms with Crippen LogP contribution < -0.4 is 31.8 Å². The SMILES string of the molecule is O=P(c1ccccc1)(c1ccccc1)c1cc(-n2c3ccccc3c3ccccc32)cc(-n2c3ccccc3c3cc(P(=O)(c4ccccc4)c4ccccc4)ccc32)c1. The van der Waals surface area contributed by atoms with Gasteiger partial charge in [0.05, 0.1) is 22.1 Å². The highest BCUT2D eigenvalue weighted by atomic mass is 31.2. The number of hydrogen-bond donors (Lipinski definition) is 0. The van der Waals surface area contributed by atoms with Gasteiger partial charge >= 0.3 is 0 Å². The molecule has 6 heteroatoms. The molecule has 9 aromatic carbocycles. The van der Waals surface area contributed by atoms with Gasteiger partial charge in [-0.15, -0.1) is 0 Å². The summed E-state index contributed by atoms with van der Waals surface area (Å²) < 4.78 is 36.5. The predicted octanol–water partition coefficient (Wildman–Crippen LogP) is 11.2. The highest BCUT2D eigenvalue weighted by molar-refractivity contribution is 7.85. The van der Waals surface area contributed by atoms with Gasteiger partial charge in [-0.2, -0.15) is 0 Å². The van der Waals surface area contributed by atoms with Gasteiger partial charge in [-0.3, -0.25) is 0 Å². The van der Waals surface area contributed by atoms with Crippen molar-refractivity contribution >= 4 is 89.7 Å². The summed E-state index contributed by atoms with van der Waals surface area (Å²) in [6.45, 7) is 0. The van der Waals surface area contributed by atoms with Crippen LogP contribution in [0, 0.1) is 0 Å². The first kappa shape index (κ1) is 36.1. The monoisotopic (exact) mass is 808 g/mol. The quantitative estimate of drug-likeness (QED) is 0.144. The van der Waals surface area contributed by atoms with Crippen LogP contribution in [-0.2, 0) is 9.13 Å². The van der Waals surface area contributed by atoms with Crippen LogP contribution in [0.15, 0.2) is 231 Å². The molecule has 0 spiro atoms. The van der Waals surface area contributed by atoms with Crippen LogP contribution in [0.2, 0.25) is 0 Å². The fraction of sp³-hybridized carbons (Fsp3) is 0. The summed E-state index contributed by atoms with van der Waals surface area (Å²) in [6, 6.07) is 77.6. The van der Waals surface area contributed by atoms with E-state index >= 15 is 9.13 Å². The van der Waals surface area contributed by atoms with Crippen molar-refractivity contribution in [2.45, 2.75) is 0 Å². The van der Waals surface area contributed by atoms with Crippen LogP contribution in [0.5, 0.6) is 0 Å². The molecule has 0 saturated carbocycles. The summed E-state index contributed by atoms with van der Waals surface area (Å²) in [7, 11) is -6.69. The Morgan fingerprint density at radius 1 is 0.250 bits per heavy atom. The van der Waals surface area contributed by atoms with Crippen molar-refractivity contribution in [1.29, 1.82) is 0 Å². The summed E-state index contributed by atoms with van der Waals surface area (Å²) in [5.74, 6) is 0. The molecule has 2 aromatic heterocycles. The minimum atomic E-state index is -3.44. The number of hydrogen-bond acceptors (Lipinski definition) is 2. The zero-order valence-electron chi connectivity index (χ0n) is 32.5. The molecule has 0 unspecified atom stereocenters. The standard InChI is InChI=1S/C54H38N2O2P2/c57-59(41-19-5-1-6-20-41,42-21-7-2-8-22-42)45-33-34-54-50(38-45)49-29-15-18-32-53(49)56(54)40-35-39(55-51-30-16-13-27-47(51)48-28-14-17-31-52(48)55)36-46(37-40)60(58,43-23-9-3-10-24-43)44-25-11-4-12-26-44/h1-38H. The van der Waals surface area contributed by atoms with Crippen molar-refractivity contribution in [3.05, 3.63) is 231 Å². The van der Waals surface area contributed by atoms with E-state index in [9.17, 15) is 0 Å². The Morgan fingerprint density at radius 3 is 0.967 bits per heavy atom. The second kappa shape index (κ2) is 14.4. The molecule has 4 nitrogen and oxygen atoms in total. The molecule has 60 heavy (non-hydrogen) atoms. The lowest BCUT2D eigenvalue weighted by molar-refractivity contribution is 0.591. The van der Waals surface area contributed by atoms with Crippen molar-refractivity contribution in [3.8, 4) is 11.4 Å². The first-order chi connectivity index (χ1) is 29.5. The molecule has 0 aliphatic carbocycles. The van der Waals surface area contributed by atoms with E-state index in [1.807, 2.05) is 127 Å². The van der Waals surface area contributed by atoms with Crippen LogP contribution >= 0.6 is 14.3 Å². The van der Waals surface area contributed by atoms with Crippen molar-refractivity contribution in [1.82, 2.24) is 9.13 Å². The largest absolute Gasteiger partial charge is 0.309 e. The van der Waals surface area contributed by atoms with Gasteiger partial charge in [0, 0.05) is 64.7 Å². The van der Waals surface area contributed by atoms with E-state index < -0.39 is 14.3 Å². The molecule has 0 amide bonds. The maximum atomic E-state index is 16.3. The fourth-order valence-electron chi connectivity index (χ4n) is 9.10. The molecule has 11 rings (SSSR count). The van der Waals surface area contributed by atoms with Gasteiger partial charge in [0.1, 0.15) is 0 Å². The van der Waals surface area contributed by atoms with Gasteiger partial charge in [-0.05, 0) is 54.6 Å². The third-order valence-corrected chi connectivity index (χ3v) is 17.9. The zero-order chi connectivity index (χ0) is 40.3. The van der Waals surface area contributed by atoms with E-state index in [0.29, 0.717) is 0 Å². The lowest BCUT2D eigenvalue weighted by atomic mass is 10.1. The van der Waals surface area contributed by atoms with Gasteiger partial charge in [0.25, 0.3) is 0 Å². The molecule has 0 atom stereocenters. The van der Waals surface area contributed by atoms with E-state index in [-0.39, 0.29) is 0 Å². The molecular weight excluding hydrogens is 771 g/mol. The molecule has 0 N–H and O–H groups in total. The fourth-order valence-corrected chi connectivity index (χ4v) is 14.5. The lowest BCUT2D eigenvalue weighted by Crippen LogP contribution is -2.26. The maximum Gasteiger partial charge on any atom is 0.171 e. The van der Waals surface area contributed by atoms with Gasteiger partial charge < -0.3 is 18.3 Å². The number of nitrogens with zero attached hydrogens (tertiary/aromatic N) is 2. The molecule has 0 saturated heterocycles. The first-order valence-electron chi connectivity index (χ1n) is 20.1. The van der Waals surface area contributed by atoms with Gasteiger partial charge in [-0.1, -0.05) is 176 Å². The Bertz CT molecular complexity index is 3350. The zero-order valence-corrected chi connectivity index (χ0v) is 34.3. The van der Waals surface area contributed by atoms with E-state index in [4.69, 9.17) is 0 Å². The van der Waals surface area contributed by atoms with E-state index in [0.717, 1.165) is 86.8 Å². The Balaban J connectivity index is 1.23. The Labute approximate surface area is 348 Å². The highest BCUT2D eigenvalue weighted by Crippen LogP contribution is 2.46. The summed E-state index contributed by atoms with van der Waals surface area (Å²) in [5, 5.41) is 8.97. The maximum absolute atomic E-state index is 16.3. The predicted molar refractivity (Wildman–Crippen MR) is 254 cm³/mol. The van der Waals surface area contributed by atoms with Crippen molar-refractivity contribution < 1.29 is 9.13 Å². The van der Waals surface area contributed by atoms with Crippen LogP contribution in [0.25, 0.3) is 55.0 Å². The topological polar surface area (TPSA) is 44.0 Å². The second-order valence-corrected chi connectivity index (χ2v) is 20.7. The molecule has 0 fully saturated rings. The smallest absolute Gasteiger partial charge is 0.171 e. The summed E-state index contributed by atoms with van der Waals surface area (Å²) in [6.07, 6.45) is 0. The molecular formula is C54H38N2O2P2. The van der Waals surface area contributed by atoms with Crippen molar-refractivity contribution in [3.63, 3.8) is 0 Å². The van der Waals surface area contributed by atoms with Gasteiger partial charge in [-0.25, -0.2) is 0 Å². The van der Waals surface area contributed by atoms with Crippen LogP contribution in [-0.4, -0.2) is 9.13 Å². The molecule has 11 aromatic rings. The number of aromatic nitrogens is 2. The van der Waals surface area contributed by atoms with E-state index in [1.165, 1.54) is 0 Å². The average molecular weight is 809 g/mol. The highest BCUT2D eigenvalue weighted by Gasteiger charge is 2.33. The van der Waals surface area contributed by atoms with Gasteiger partial charge in [0.2, 0.25) is 0 Å². The minimum Gasteiger partial charge on any atom is -0.309 e. The molecule has 2 heterocycles. The summed E-state index contributed by atoms with van der Waals surface area (Å²) in [5.41, 5.74) is 5.89. The number of rotatable bonds is 8. The Kier molecular flexibility index (Phi) is 8.67.